The van der Waals surface area contributed by atoms with E-state index in [0.717, 1.165) is 21.5 Å². The molecule has 0 unspecified atom stereocenters. The molecule has 0 atom stereocenters. The van der Waals surface area contributed by atoms with Crippen LogP contribution in [0.2, 0.25) is 10.0 Å². The van der Waals surface area contributed by atoms with Gasteiger partial charge in [-0.3, -0.25) is 9.20 Å². The van der Waals surface area contributed by atoms with E-state index in [1.54, 1.807) is 6.07 Å². The Labute approximate surface area is 139 Å². The second-order valence-corrected chi connectivity index (χ2v) is 6.57. The monoisotopic (exact) mass is 346 g/mol. The highest BCUT2D eigenvalue weighted by molar-refractivity contribution is 7.23. The summed E-state index contributed by atoms with van der Waals surface area (Å²) in [7, 11) is 0. The van der Waals surface area contributed by atoms with E-state index < -0.39 is 0 Å². The molecule has 0 aliphatic rings. The molecule has 0 aliphatic carbocycles. The van der Waals surface area contributed by atoms with E-state index in [2.05, 4.69) is 4.98 Å². The van der Waals surface area contributed by atoms with Gasteiger partial charge >= 0.3 is 0 Å². The van der Waals surface area contributed by atoms with Crippen LogP contribution in [-0.4, -0.2) is 9.38 Å². The van der Waals surface area contributed by atoms with E-state index in [4.69, 9.17) is 23.2 Å². The van der Waals surface area contributed by atoms with E-state index >= 15 is 0 Å². The van der Waals surface area contributed by atoms with Crippen molar-refractivity contribution in [2.45, 2.75) is 0 Å². The van der Waals surface area contributed by atoms with Gasteiger partial charge in [-0.05, 0) is 17.7 Å². The van der Waals surface area contributed by atoms with Gasteiger partial charge in [-0.1, -0.05) is 64.9 Å². The van der Waals surface area contributed by atoms with E-state index in [9.17, 15) is 4.79 Å². The first kappa shape index (κ1) is 13.8. The Morgan fingerprint density at radius 3 is 2.59 bits per heavy atom. The van der Waals surface area contributed by atoms with Crippen LogP contribution in [-0.2, 0) is 0 Å². The maximum absolute atomic E-state index is 11.9. The fourth-order valence-corrected chi connectivity index (χ4v) is 3.98. The maximum atomic E-state index is 11.9. The summed E-state index contributed by atoms with van der Waals surface area (Å²) < 4.78 is 2.83. The predicted octanol–water partition coefficient (Wildman–Crippen LogP) is 4.88. The highest BCUT2D eigenvalue weighted by Crippen LogP contribution is 2.37. The third kappa shape index (κ3) is 2.03. The lowest BCUT2D eigenvalue weighted by atomic mass is 10.1. The molecule has 2 aromatic carbocycles. The number of benzene rings is 2. The molecule has 0 bridgehead atoms. The van der Waals surface area contributed by atoms with Gasteiger partial charge < -0.3 is 0 Å². The summed E-state index contributed by atoms with van der Waals surface area (Å²) in [4.78, 5) is 16.6. The summed E-state index contributed by atoms with van der Waals surface area (Å²) >= 11 is 14.0. The average molecular weight is 347 g/mol. The van der Waals surface area contributed by atoms with Crippen LogP contribution in [0.15, 0.2) is 53.3 Å². The van der Waals surface area contributed by atoms with Crippen molar-refractivity contribution in [3.8, 4) is 11.3 Å². The van der Waals surface area contributed by atoms with Gasteiger partial charge in [0, 0.05) is 6.07 Å². The average Bonchev–Trinajstić information content (AvgIpc) is 2.90. The van der Waals surface area contributed by atoms with Crippen LogP contribution in [0.3, 0.4) is 0 Å². The summed E-state index contributed by atoms with van der Waals surface area (Å²) in [6.07, 6.45) is 0. The third-order valence-electron chi connectivity index (χ3n) is 3.42. The number of fused-ring (bicyclic) bond motifs is 3. The smallest absolute Gasteiger partial charge is 0.274 e. The van der Waals surface area contributed by atoms with Crippen LogP contribution in [0.25, 0.3) is 26.4 Å². The lowest BCUT2D eigenvalue weighted by Crippen LogP contribution is -2.08. The molecule has 0 saturated carbocycles. The first-order chi connectivity index (χ1) is 10.6. The molecule has 6 heteroatoms. The van der Waals surface area contributed by atoms with Crippen molar-refractivity contribution >= 4 is 49.7 Å². The van der Waals surface area contributed by atoms with Crippen LogP contribution < -0.4 is 5.56 Å². The summed E-state index contributed by atoms with van der Waals surface area (Å²) in [5, 5.41) is 0.944. The van der Waals surface area contributed by atoms with Crippen molar-refractivity contribution in [1.82, 2.24) is 9.38 Å². The van der Waals surface area contributed by atoms with Crippen molar-refractivity contribution in [2.75, 3.05) is 0 Å². The SMILES string of the molecule is O=c1cc(-c2ccccc2)n2c(n1)sc1ccc(Cl)c(Cl)c12. The van der Waals surface area contributed by atoms with Gasteiger partial charge in [0.15, 0.2) is 4.96 Å². The zero-order valence-electron chi connectivity index (χ0n) is 11.1. The van der Waals surface area contributed by atoms with Gasteiger partial charge in [0.25, 0.3) is 5.56 Å². The molecule has 0 amide bonds. The van der Waals surface area contributed by atoms with Crippen molar-refractivity contribution in [3.05, 3.63) is 68.9 Å². The Kier molecular flexibility index (Phi) is 3.18. The largest absolute Gasteiger partial charge is 0.283 e. The number of thiazole rings is 1. The predicted molar refractivity (Wildman–Crippen MR) is 92.3 cm³/mol. The van der Waals surface area contributed by atoms with E-state index in [0.29, 0.717) is 15.0 Å². The van der Waals surface area contributed by atoms with Gasteiger partial charge in [0.1, 0.15) is 0 Å². The van der Waals surface area contributed by atoms with Crippen LogP contribution in [0, 0.1) is 0 Å². The summed E-state index contributed by atoms with van der Waals surface area (Å²) in [6.45, 7) is 0. The van der Waals surface area contributed by atoms with E-state index in [1.807, 2.05) is 40.8 Å². The van der Waals surface area contributed by atoms with Crippen LogP contribution in [0.5, 0.6) is 0 Å². The van der Waals surface area contributed by atoms with Crippen molar-refractivity contribution in [1.29, 1.82) is 0 Å². The normalized spacial score (nSPS) is 11.4. The minimum Gasteiger partial charge on any atom is -0.283 e. The van der Waals surface area contributed by atoms with Crippen molar-refractivity contribution in [3.63, 3.8) is 0 Å². The molecule has 2 heterocycles. The number of halogens is 2. The molecular weight excluding hydrogens is 339 g/mol. The summed E-state index contributed by atoms with van der Waals surface area (Å²) in [6, 6.07) is 14.8. The Morgan fingerprint density at radius 2 is 1.82 bits per heavy atom. The molecule has 0 fully saturated rings. The Morgan fingerprint density at radius 1 is 1.05 bits per heavy atom. The molecule has 3 nitrogen and oxygen atoms in total. The second-order valence-electron chi connectivity index (χ2n) is 4.77. The Hall–Kier alpha value is -1.88. The molecule has 2 aromatic heterocycles. The first-order valence-electron chi connectivity index (χ1n) is 6.51. The number of nitrogens with zero attached hydrogens (tertiary/aromatic N) is 2. The quantitative estimate of drug-likeness (QED) is 0.492. The molecule has 108 valence electrons. The van der Waals surface area contributed by atoms with Crippen molar-refractivity contribution < 1.29 is 0 Å². The molecule has 0 N–H and O–H groups in total. The molecule has 0 saturated heterocycles. The fraction of sp³-hybridized carbons (Fsp3) is 0. The first-order valence-corrected chi connectivity index (χ1v) is 8.08. The topological polar surface area (TPSA) is 34.4 Å². The second kappa shape index (κ2) is 5.09. The van der Waals surface area contributed by atoms with Gasteiger partial charge in [0.05, 0.1) is 26.0 Å². The molecule has 0 spiro atoms. The van der Waals surface area contributed by atoms with Gasteiger partial charge in [0.2, 0.25) is 0 Å². The van der Waals surface area contributed by atoms with Gasteiger partial charge in [-0.2, -0.15) is 4.98 Å². The highest BCUT2D eigenvalue weighted by atomic mass is 35.5. The zero-order chi connectivity index (χ0) is 15.3. The van der Waals surface area contributed by atoms with E-state index in [1.165, 1.54) is 17.4 Å². The Bertz CT molecular complexity index is 1070. The van der Waals surface area contributed by atoms with Crippen molar-refractivity contribution in [2.24, 2.45) is 0 Å². The maximum Gasteiger partial charge on any atom is 0.274 e. The van der Waals surface area contributed by atoms with Gasteiger partial charge in [-0.15, -0.1) is 0 Å². The molecule has 4 aromatic rings. The molecular formula is C16H8Cl2N2OS. The third-order valence-corrected chi connectivity index (χ3v) is 5.22. The fourth-order valence-electron chi connectivity index (χ4n) is 2.48. The van der Waals surface area contributed by atoms with Crippen LogP contribution in [0.4, 0.5) is 0 Å². The Balaban J connectivity index is 2.25. The highest BCUT2D eigenvalue weighted by Gasteiger charge is 2.15. The number of hydrogen-bond donors (Lipinski definition) is 0. The molecule has 22 heavy (non-hydrogen) atoms. The molecule has 0 aliphatic heterocycles. The van der Waals surface area contributed by atoms with Gasteiger partial charge in [-0.25, -0.2) is 0 Å². The van der Waals surface area contributed by atoms with Crippen LogP contribution >= 0.6 is 34.5 Å². The van der Waals surface area contributed by atoms with E-state index in [-0.39, 0.29) is 5.56 Å². The molecule has 0 radical (unpaired) electrons. The van der Waals surface area contributed by atoms with Crippen LogP contribution in [0.1, 0.15) is 0 Å². The lowest BCUT2D eigenvalue weighted by Gasteiger charge is -2.07. The minimum atomic E-state index is -0.271. The lowest BCUT2D eigenvalue weighted by molar-refractivity contribution is 1.15. The standard InChI is InChI=1S/C16H8Cl2N2OS/c17-10-6-7-12-15(14(10)18)20-11(9-4-2-1-3-5-9)8-13(21)19-16(20)22-12/h1-8H. The number of hydrogen-bond acceptors (Lipinski definition) is 3. The summed E-state index contributed by atoms with van der Waals surface area (Å²) in [5.74, 6) is 0. The zero-order valence-corrected chi connectivity index (χ0v) is 13.4. The minimum absolute atomic E-state index is 0.271. The molecule has 4 rings (SSSR count). The summed E-state index contributed by atoms with van der Waals surface area (Å²) in [5.41, 5.74) is 2.19. The number of aromatic nitrogens is 2. The number of rotatable bonds is 1.